The van der Waals surface area contributed by atoms with Crippen molar-refractivity contribution in [2.24, 2.45) is 0 Å². The molecule has 0 spiro atoms. The van der Waals surface area contributed by atoms with Crippen LogP contribution < -0.4 is 0 Å². The van der Waals surface area contributed by atoms with E-state index in [9.17, 15) is 0 Å². The van der Waals surface area contributed by atoms with Gasteiger partial charge >= 0.3 is 0 Å². The van der Waals surface area contributed by atoms with Crippen LogP contribution in [0.15, 0.2) is 48.5 Å². The lowest BCUT2D eigenvalue weighted by Gasteiger charge is -1.98. The minimum absolute atomic E-state index is 1.08. The first-order chi connectivity index (χ1) is 7.86. The molecule has 3 rings (SSSR count). The third kappa shape index (κ3) is 2.09. The second-order valence-electron chi connectivity index (χ2n) is 3.99. The Morgan fingerprint density at radius 1 is 0.750 bits per heavy atom. The maximum Gasteiger partial charge on any atom is 0.0307 e. The molecule has 80 valence electrons. The van der Waals surface area contributed by atoms with Gasteiger partial charge in [-0.05, 0) is 28.7 Å². The summed E-state index contributed by atoms with van der Waals surface area (Å²) in [5.74, 6) is 0. The van der Waals surface area contributed by atoms with Crippen LogP contribution in [0.1, 0.15) is 11.1 Å². The Morgan fingerprint density at radius 3 is 1.56 bits per heavy atom. The lowest BCUT2D eigenvalue weighted by molar-refractivity contribution is 1.26. The van der Waals surface area contributed by atoms with Gasteiger partial charge in [0.2, 0.25) is 0 Å². The molecule has 1 aliphatic carbocycles. The topological polar surface area (TPSA) is 0 Å². The fourth-order valence-corrected chi connectivity index (χ4v) is 2.08. The molecule has 0 aromatic heterocycles. The Labute approximate surface area is 100 Å². The third-order valence-corrected chi connectivity index (χ3v) is 2.71. The van der Waals surface area contributed by atoms with Crippen molar-refractivity contribution >= 4 is 9.52 Å². The van der Waals surface area contributed by atoms with Crippen LogP contribution in [0.25, 0.3) is 11.1 Å². The molecule has 0 saturated carbocycles. The molecule has 2 radical (unpaired) electrons. The van der Waals surface area contributed by atoms with Crippen molar-refractivity contribution in [3.8, 4) is 11.1 Å². The summed E-state index contributed by atoms with van der Waals surface area (Å²) in [4.78, 5) is 0. The largest absolute Gasteiger partial charge is 0.0735 e. The van der Waals surface area contributed by atoms with Gasteiger partial charge in [0.25, 0.3) is 0 Å². The Hall–Kier alpha value is -1.34. The molecule has 2 aromatic rings. The average molecular weight is 224 g/mol. The number of hydrogen-bond acceptors (Lipinski definition) is 0. The first-order valence-electron chi connectivity index (χ1n) is 5.61. The molecule has 0 fully saturated rings. The molecule has 1 heteroatoms. The van der Waals surface area contributed by atoms with Crippen LogP contribution in [-0.2, 0) is 6.42 Å². The minimum atomic E-state index is 1.08. The van der Waals surface area contributed by atoms with Gasteiger partial charge in [0, 0.05) is 9.52 Å². The molecule has 0 heterocycles. The lowest BCUT2D eigenvalue weighted by atomic mass is 10.1. The highest BCUT2D eigenvalue weighted by atomic mass is 28.2. The van der Waals surface area contributed by atoms with Crippen molar-refractivity contribution in [3.63, 3.8) is 0 Å². The van der Waals surface area contributed by atoms with Crippen LogP contribution in [0.4, 0.5) is 0 Å². The monoisotopic (exact) mass is 224 g/mol. The number of fused-ring (bicyclic) bond motifs is 3. The lowest BCUT2D eigenvalue weighted by Crippen LogP contribution is -1.77. The van der Waals surface area contributed by atoms with E-state index < -0.39 is 0 Å². The van der Waals surface area contributed by atoms with Gasteiger partial charge in [0.05, 0.1) is 0 Å². The van der Waals surface area contributed by atoms with Gasteiger partial charge in [-0.25, -0.2) is 0 Å². The second kappa shape index (κ2) is 5.13. The molecule has 0 atom stereocenters. The van der Waals surface area contributed by atoms with E-state index in [0.717, 1.165) is 15.9 Å². The van der Waals surface area contributed by atoms with Gasteiger partial charge in [-0.1, -0.05) is 61.6 Å². The van der Waals surface area contributed by atoms with Crippen LogP contribution in [-0.4, -0.2) is 9.52 Å². The maximum absolute atomic E-state index is 2.22. The molecule has 0 unspecified atom stereocenters. The smallest absolute Gasteiger partial charge is 0.0307 e. The highest BCUT2D eigenvalue weighted by molar-refractivity contribution is 6.31. The van der Waals surface area contributed by atoms with E-state index in [-0.39, 0.29) is 0 Å². The molecule has 1 aliphatic rings. The van der Waals surface area contributed by atoms with E-state index in [1.165, 1.54) is 22.3 Å². The SMILES string of the molecule is C[Si]C.c1ccc2c(c1)Cc1ccccc1-2. The zero-order valence-corrected chi connectivity index (χ0v) is 10.8. The summed E-state index contributed by atoms with van der Waals surface area (Å²) in [6.45, 7) is 4.31. The minimum Gasteiger partial charge on any atom is -0.0735 e. The van der Waals surface area contributed by atoms with Crippen LogP contribution >= 0.6 is 0 Å². The normalized spacial score (nSPS) is 11.1. The molecule has 0 saturated heterocycles. The predicted octanol–water partition coefficient (Wildman–Crippen LogP) is 4.04. The molecular formula is C15H16Si. The summed E-state index contributed by atoms with van der Waals surface area (Å²) in [5.41, 5.74) is 5.75. The van der Waals surface area contributed by atoms with Crippen molar-refractivity contribution < 1.29 is 0 Å². The Morgan fingerprint density at radius 2 is 1.12 bits per heavy atom. The molecular weight excluding hydrogens is 208 g/mol. The molecule has 0 N–H and O–H groups in total. The highest BCUT2D eigenvalue weighted by Crippen LogP contribution is 2.35. The van der Waals surface area contributed by atoms with Crippen molar-refractivity contribution in [1.29, 1.82) is 0 Å². The molecule has 0 aliphatic heterocycles. The van der Waals surface area contributed by atoms with Crippen molar-refractivity contribution in [2.45, 2.75) is 19.5 Å². The zero-order chi connectivity index (χ0) is 11.4. The van der Waals surface area contributed by atoms with Gasteiger partial charge in [-0.2, -0.15) is 0 Å². The summed E-state index contributed by atoms with van der Waals surface area (Å²) in [6, 6.07) is 17.3. The standard InChI is InChI=1S/C13H10.C2H6Si/c1-3-7-12-10(5-1)9-11-6-2-4-8-13(11)12;1-3-2/h1-8H,9H2;1-2H3. The van der Waals surface area contributed by atoms with Gasteiger partial charge in [0.15, 0.2) is 0 Å². The van der Waals surface area contributed by atoms with E-state index in [2.05, 4.69) is 61.6 Å². The van der Waals surface area contributed by atoms with Crippen LogP contribution in [0.5, 0.6) is 0 Å². The third-order valence-electron chi connectivity index (χ3n) is 2.71. The van der Waals surface area contributed by atoms with Crippen LogP contribution in [0, 0.1) is 0 Å². The van der Waals surface area contributed by atoms with E-state index >= 15 is 0 Å². The highest BCUT2D eigenvalue weighted by Gasteiger charge is 2.15. The fourth-order valence-electron chi connectivity index (χ4n) is 2.08. The summed E-state index contributed by atoms with van der Waals surface area (Å²) in [5, 5.41) is 0. The van der Waals surface area contributed by atoms with Crippen LogP contribution in [0.2, 0.25) is 13.1 Å². The van der Waals surface area contributed by atoms with Crippen molar-refractivity contribution in [3.05, 3.63) is 59.7 Å². The van der Waals surface area contributed by atoms with E-state index in [4.69, 9.17) is 0 Å². The van der Waals surface area contributed by atoms with Gasteiger partial charge < -0.3 is 0 Å². The zero-order valence-electron chi connectivity index (χ0n) is 9.83. The average Bonchev–Trinajstić information content (AvgIpc) is 2.68. The summed E-state index contributed by atoms with van der Waals surface area (Å²) < 4.78 is 0. The molecule has 2 aromatic carbocycles. The first-order valence-corrected chi connectivity index (χ1v) is 7.61. The van der Waals surface area contributed by atoms with Gasteiger partial charge in [-0.15, -0.1) is 0 Å². The molecule has 0 nitrogen and oxygen atoms in total. The fraction of sp³-hybridized carbons (Fsp3) is 0.200. The number of hydrogen-bond donors (Lipinski definition) is 0. The first kappa shape index (κ1) is 11.2. The molecule has 16 heavy (non-hydrogen) atoms. The van der Waals surface area contributed by atoms with Gasteiger partial charge in [-0.3, -0.25) is 0 Å². The Bertz CT molecular complexity index is 431. The van der Waals surface area contributed by atoms with Crippen molar-refractivity contribution in [2.75, 3.05) is 0 Å². The summed E-state index contributed by atoms with van der Waals surface area (Å²) in [7, 11) is 1.08. The number of rotatable bonds is 0. The quantitative estimate of drug-likeness (QED) is 0.505. The predicted molar refractivity (Wildman–Crippen MR) is 72.2 cm³/mol. The summed E-state index contributed by atoms with van der Waals surface area (Å²) in [6.07, 6.45) is 1.10. The molecule has 0 bridgehead atoms. The maximum atomic E-state index is 2.22. The van der Waals surface area contributed by atoms with Crippen LogP contribution in [0.3, 0.4) is 0 Å². The summed E-state index contributed by atoms with van der Waals surface area (Å²) >= 11 is 0. The Balaban J connectivity index is 0.000000292. The van der Waals surface area contributed by atoms with Gasteiger partial charge in [0.1, 0.15) is 0 Å². The van der Waals surface area contributed by atoms with E-state index in [1.807, 2.05) is 0 Å². The molecule has 0 amide bonds. The number of benzene rings is 2. The van der Waals surface area contributed by atoms with Crippen molar-refractivity contribution in [1.82, 2.24) is 0 Å². The second-order valence-corrected chi connectivity index (χ2v) is 4.99. The van der Waals surface area contributed by atoms with E-state index in [0.29, 0.717) is 0 Å². The Kier molecular flexibility index (Phi) is 3.57. The van der Waals surface area contributed by atoms with E-state index in [1.54, 1.807) is 0 Å².